The Kier molecular flexibility index (Phi) is 8.13. The standard InChI is InChI=1S/C39H40O3/c1-25-9-11-29(28-12-17-32(40-6)18-13-28)21-35(25)37-23-34(42-8)24-38(27(37)3)36-22-31(14-10-26(36)2)39(4,5)30-15-19-33(41-7)20-16-30/h9-24H,1-8H3. The Hall–Kier alpha value is -4.50. The van der Waals surface area contributed by atoms with Gasteiger partial charge >= 0.3 is 0 Å². The van der Waals surface area contributed by atoms with Gasteiger partial charge in [0, 0.05) is 5.41 Å². The van der Waals surface area contributed by atoms with Crippen LogP contribution in [0.5, 0.6) is 17.2 Å². The van der Waals surface area contributed by atoms with E-state index in [4.69, 9.17) is 14.2 Å². The van der Waals surface area contributed by atoms with Gasteiger partial charge in [-0.3, -0.25) is 0 Å². The lowest BCUT2D eigenvalue weighted by molar-refractivity contribution is 0.414. The van der Waals surface area contributed by atoms with E-state index in [9.17, 15) is 0 Å². The lowest BCUT2D eigenvalue weighted by Crippen LogP contribution is -2.19. The monoisotopic (exact) mass is 556 g/mol. The second-order valence-corrected chi connectivity index (χ2v) is 11.5. The Morgan fingerprint density at radius 1 is 0.429 bits per heavy atom. The van der Waals surface area contributed by atoms with Crippen molar-refractivity contribution in [3.05, 3.63) is 125 Å². The Morgan fingerprint density at radius 2 is 0.881 bits per heavy atom. The molecule has 0 amide bonds. The van der Waals surface area contributed by atoms with E-state index < -0.39 is 0 Å². The van der Waals surface area contributed by atoms with Crippen molar-refractivity contribution < 1.29 is 14.2 Å². The minimum absolute atomic E-state index is 0.187. The minimum atomic E-state index is -0.187. The Balaban J connectivity index is 1.63. The zero-order valence-corrected chi connectivity index (χ0v) is 26.0. The van der Waals surface area contributed by atoms with E-state index in [-0.39, 0.29) is 5.41 Å². The third-order valence-corrected chi connectivity index (χ3v) is 8.63. The summed E-state index contributed by atoms with van der Waals surface area (Å²) >= 11 is 0. The first-order chi connectivity index (χ1) is 20.2. The fraction of sp³-hybridized carbons (Fsp3) is 0.231. The van der Waals surface area contributed by atoms with Gasteiger partial charge in [-0.25, -0.2) is 0 Å². The smallest absolute Gasteiger partial charge is 0.120 e. The van der Waals surface area contributed by atoms with Crippen LogP contribution in [0.4, 0.5) is 0 Å². The van der Waals surface area contributed by atoms with E-state index in [1.165, 1.54) is 55.6 Å². The van der Waals surface area contributed by atoms with Gasteiger partial charge in [-0.15, -0.1) is 0 Å². The van der Waals surface area contributed by atoms with E-state index in [2.05, 4.69) is 107 Å². The Bertz CT molecular complexity index is 1710. The summed E-state index contributed by atoms with van der Waals surface area (Å²) in [5.74, 6) is 2.57. The normalized spacial score (nSPS) is 11.3. The zero-order valence-electron chi connectivity index (χ0n) is 26.0. The molecule has 0 atom stereocenters. The van der Waals surface area contributed by atoms with Crippen LogP contribution < -0.4 is 14.2 Å². The minimum Gasteiger partial charge on any atom is -0.497 e. The molecular weight excluding hydrogens is 516 g/mol. The molecule has 5 aromatic rings. The Morgan fingerprint density at radius 3 is 1.43 bits per heavy atom. The predicted molar refractivity (Wildman–Crippen MR) is 175 cm³/mol. The predicted octanol–water partition coefficient (Wildman–Crippen LogP) is 9.96. The van der Waals surface area contributed by atoms with Crippen molar-refractivity contribution in [3.63, 3.8) is 0 Å². The van der Waals surface area contributed by atoms with Gasteiger partial charge in [-0.2, -0.15) is 0 Å². The van der Waals surface area contributed by atoms with Crippen LogP contribution in [0.3, 0.4) is 0 Å². The summed E-state index contributed by atoms with van der Waals surface area (Å²) in [4.78, 5) is 0. The first-order valence-corrected chi connectivity index (χ1v) is 14.4. The van der Waals surface area contributed by atoms with Crippen molar-refractivity contribution in [2.75, 3.05) is 21.3 Å². The molecule has 0 saturated carbocycles. The van der Waals surface area contributed by atoms with Crippen molar-refractivity contribution >= 4 is 0 Å². The Labute approximate surface area is 250 Å². The molecule has 0 unspecified atom stereocenters. The molecule has 0 saturated heterocycles. The molecule has 0 radical (unpaired) electrons. The maximum Gasteiger partial charge on any atom is 0.120 e. The highest BCUT2D eigenvalue weighted by Gasteiger charge is 2.25. The van der Waals surface area contributed by atoms with Crippen molar-refractivity contribution in [1.29, 1.82) is 0 Å². The molecule has 0 aliphatic rings. The summed E-state index contributed by atoms with van der Waals surface area (Å²) in [6, 6.07) is 34.5. The van der Waals surface area contributed by atoms with Crippen LogP contribution in [-0.4, -0.2) is 21.3 Å². The molecule has 3 nitrogen and oxygen atoms in total. The van der Waals surface area contributed by atoms with E-state index in [0.717, 1.165) is 22.8 Å². The summed E-state index contributed by atoms with van der Waals surface area (Å²) in [6.45, 7) is 11.1. The highest BCUT2D eigenvalue weighted by Crippen LogP contribution is 2.42. The van der Waals surface area contributed by atoms with Crippen molar-refractivity contribution in [2.24, 2.45) is 0 Å². The van der Waals surface area contributed by atoms with E-state index >= 15 is 0 Å². The summed E-state index contributed by atoms with van der Waals surface area (Å²) in [5.41, 5.74) is 13.1. The van der Waals surface area contributed by atoms with Gasteiger partial charge in [0.1, 0.15) is 17.2 Å². The second kappa shape index (κ2) is 11.8. The molecule has 0 spiro atoms. The van der Waals surface area contributed by atoms with Gasteiger partial charge in [0.25, 0.3) is 0 Å². The van der Waals surface area contributed by atoms with E-state index in [0.29, 0.717) is 0 Å². The maximum atomic E-state index is 5.88. The van der Waals surface area contributed by atoms with Crippen LogP contribution in [0.2, 0.25) is 0 Å². The average Bonchev–Trinajstić information content (AvgIpc) is 3.02. The molecule has 0 aromatic heterocycles. The number of methoxy groups -OCH3 is 3. The first-order valence-electron chi connectivity index (χ1n) is 14.4. The molecule has 0 N–H and O–H groups in total. The highest BCUT2D eigenvalue weighted by molar-refractivity contribution is 5.85. The second-order valence-electron chi connectivity index (χ2n) is 11.5. The summed E-state index contributed by atoms with van der Waals surface area (Å²) in [5, 5.41) is 0. The van der Waals surface area contributed by atoms with Crippen LogP contribution >= 0.6 is 0 Å². The third kappa shape index (κ3) is 5.52. The molecule has 0 heterocycles. The third-order valence-electron chi connectivity index (χ3n) is 8.63. The summed E-state index contributed by atoms with van der Waals surface area (Å²) in [6.07, 6.45) is 0. The maximum absolute atomic E-state index is 5.88. The molecule has 5 rings (SSSR count). The molecule has 3 heteroatoms. The number of hydrogen-bond donors (Lipinski definition) is 0. The number of hydrogen-bond acceptors (Lipinski definition) is 3. The van der Waals surface area contributed by atoms with Gasteiger partial charge in [0.2, 0.25) is 0 Å². The number of rotatable bonds is 8. The molecule has 0 aliphatic carbocycles. The quantitative estimate of drug-likeness (QED) is 0.190. The summed E-state index contributed by atoms with van der Waals surface area (Å²) < 4.78 is 16.6. The van der Waals surface area contributed by atoms with Crippen molar-refractivity contribution in [1.82, 2.24) is 0 Å². The molecule has 214 valence electrons. The van der Waals surface area contributed by atoms with Crippen molar-refractivity contribution in [3.8, 4) is 50.6 Å². The fourth-order valence-corrected chi connectivity index (χ4v) is 5.72. The number of aryl methyl sites for hydroxylation is 2. The molecule has 5 aromatic carbocycles. The van der Waals surface area contributed by atoms with E-state index in [1.54, 1.807) is 21.3 Å². The van der Waals surface area contributed by atoms with Crippen LogP contribution in [0.25, 0.3) is 33.4 Å². The van der Waals surface area contributed by atoms with Crippen molar-refractivity contribution in [2.45, 2.75) is 40.0 Å². The summed E-state index contributed by atoms with van der Waals surface area (Å²) in [7, 11) is 5.14. The van der Waals surface area contributed by atoms with Gasteiger partial charge in [-0.1, -0.05) is 62.4 Å². The lowest BCUT2D eigenvalue weighted by atomic mass is 9.76. The fourth-order valence-electron chi connectivity index (χ4n) is 5.72. The molecule has 42 heavy (non-hydrogen) atoms. The van der Waals surface area contributed by atoms with Crippen LogP contribution in [-0.2, 0) is 5.41 Å². The molecule has 0 bridgehead atoms. The van der Waals surface area contributed by atoms with E-state index in [1.807, 2.05) is 24.3 Å². The largest absolute Gasteiger partial charge is 0.497 e. The topological polar surface area (TPSA) is 27.7 Å². The highest BCUT2D eigenvalue weighted by atomic mass is 16.5. The SMILES string of the molecule is COc1ccc(-c2ccc(C)c(-c3cc(OC)cc(-c4cc(C(C)(C)c5ccc(OC)cc5)ccc4C)c3C)c2)cc1. The lowest BCUT2D eigenvalue weighted by Gasteiger charge is -2.28. The average molecular weight is 557 g/mol. The van der Waals surface area contributed by atoms with Gasteiger partial charge in [-0.05, 0) is 131 Å². The molecule has 0 fully saturated rings. The van der Waals surface area contributed by atoms with Gasteiger partial charge in [0.05, 0.1) is 21.3 Å². The van der Waals surface area contributed by atoms with Gasteiger partial charge in [0.15, 0.2) is 0 Å². The van der Waals surface area contributed by atoms with Gasteiger partial charge < -0.3 is 14.2 Å². The first kappa shape index (κ1) is 29.0. The molecule has 0 aliphatic heterocycles. The van der Waals surface area contributed by atoms with Crippen LogP contribution in [0, 0.1) is 20.8 Å². The van der Waals surface area contributed by atoms with Crippen LogP contribution in [0.15, 0.2) is 97.1 Å². The molecular formula is C39H40O3. The van der Waals surface area contributed by atoms with Crippen LogP contribution in [0.1, 0.15) is 41.7 Å². The zero-order chi connectivity index (χ0) is 30.0. The number of ether oxygens (including phenoxy) is 3. The number of benzene rings is 5.